The molecule has 2 aromatic rings. The normalized spacial score (nSPS) is 11.3. The third kappa shape index (κ3) is 3.43. The van der Waals surface area contributed by atoms with Crippen molar-refractivity contribution in [3.8, 4) is 0 Å². The molecule has 0 radical (unpaired) electrons. The van der Waals surface area contributed by atoms with Gasteiger partial charge in [-0.1, -0.05) is 17.7 Å². The minimum atomic E-state index is -3.70. The molecule has 0 heterocycles. The predicted octanol–water partition coefficient (Wildman–Crippen LogP) is 3.02. The molecule has 2 rings (SSSR count). The van der Waals surface area contributed by atoms with Crippen LogP contribution in [0, 0.1) is 22.9 Å². The lowest BCUT2D eigenvalue weighted by molar-refractivity contribution is -0.385. The van der Waals surface area contributed by atoms with Crippen LogP contribution in [0.3, 0.4) is 0 Å². The number of rotatable bonds is 4. The van der Waals surface area contributed by atoms with Gasteiger partial charge >= 0.3 is 0 Å². The smallest absolute Gasteiger partial charge is 0.258 e. The van der Waals surface area contributed by atoms with E-state index in [-0.39, 0.29) is 10.5 Å². The summed E-state index contributed by atoms with van der Waals surface area (Å²) in [5.41, 5.74) is 0.403. The maximum atomic E-state index is 13.8. The van der Waals surface area contributed by atoms with Crippen LogP contribution in [0.1, 0.15) is 11.1 Å². The zero-order valence-corrected chi connectivity index (χ0v) is 11.9. The van der Waals surface area contributed by atoms with Crippen molar-refractivity contribution in [2.45, 2.75) is 17.6 Å². The highest BCUT2D eigenvalue weighted by Crippen LogP contribution is 2.22. The van der Waals surface area contributed by atoms with Crippen LogP contribution >= 0.6 is 0 Å². The highest BCUT2D eigenvalue weighted by molar-refractivity contribution is 7.90. The molecule has 0 aliphatic heterocycles. The van der Waals surface area contributed by atoms with Crippen LogP contribution < -0.4 is 0 Å². The molecule has 0 amide bonds. The minimum Gasteiger partial charge on any atom is -0.258 e. The summed E-state index contributed by atoms with van der Waals surface area (Å²) in [6.45, 7) is 1.83. The molecule has 0 unspecified atom stereocenters. The number of hydrogen-bond donors (Lipinski definition) is 0. The Bertz CT molecular complexity index is 785. The van der Waals surface area contributed by atoms with Crippen LogP contribution in [0.15, 0.2) is 47.4 Å². The van der Waals surface area contributed by atoms with Gasteiger partial charge in [0.25, 0.3) is 5.69 Å². The summed E-state index contributed by atoms with van der Waals surface area (Å²) >= 11 is 0. The number of nitro benzene ring substituents is 1. The van der Waals surface area contributed by atoms with E-state index >= 15 is 0 Å². The number of nitrogens with zero attached hydrogens (tertiary/aromatic N) is 1. The van der Waals surface area contributed by atoms with Gasteiger partial charge in [-0.15, -0.1) is 0 Å². The highest BCUT2D eigenvalue weighted by Gasteiger charge is 2.19. The van der Waals surface area contributed by atoms with E-state index in [1.165, 1.54) is 12.1 Å². The van der Waals surface area contributed by atoms with Gasteiger partial charge in [-0.3, -0.25) is 10.1 Å². The molecular formula is C14H12FNO4S. The fraction of sp³-hybridized carbons (Fsp3) is 0.143. The van der Waals surface area contributed by atoms with E-state index in [0.717, 1.165) is 23.8 Å². The summed E-state index contributed by atoms with van der Waals surface area (Å²) in [6.07, 6.45) is 0. The topological polar surface area (TPSA) is 77.3 Å². The molecule has 0 bridgehead atoms. The van der Waals surface area contributed by atoms with E-state index in [2.05, 4.69) is 0 Å². The van der Waals surface area contributed by atoms with E-state index in [1.807, 2.05) is 6.92 Å². The number of aryl methyl sites for hydroxylation is 1. The van der Waals surface area contributed by atoms with Crippen LogP contribution in [-0.2, 0) is 15.6 Å². The zero-order valence-electron chi connectivity index (χ0n) is 11.1. The third-order valence-corrected chi connectivity index (χ3v) is 4.65. The quantitative estimate of drug-likeness (QED) is 0.642. The van der Waals surface area contributed by atoms with E-state index in [9.17, 15) is 22.9 Å². The lowest BCUT2D eigenvalue weighted by atomic mass is 10.2. The Balaban J connectivity index is 2.32. The largest absolute Gasteiger partial charge is 0.272 e. The lowest BCUT2D eigenvalue weighted by Gasteiger charge is -2.06. The molecule has 0 aliphatic carbocycles. The van der Waals surface area contributed by atoms with Gasteiger partial charge in [-0.25, -0.2) is 12.8 Å². The van der Waals surface area contributed by atoms with Crippen molar-refractivity contribution in [2.75, 3.05) is 0 Å². The summed E-state index contributed by atoms with van der Waals surface area (Å²) in [5.74, 6) is -1.44. The summed E-state index contributed by atoms with van der Waals surface area (Å²) in [4.78, 5) is 9.88. The summed E-state index contributed by atoms with van der Waals surface area (Å²) in [5, 5.41) is 10.5. The lowest BCUT2D eigenvalue weighted by Crippen LogP contribution is -2.07. The van der Waals surface area contributed by atoms with Crippen molar-refractivity contribution in [3.05, 3.63) is 69.5 Å². The first-order chi connectivity index (χ1) is 9.79. The second-order valence-corrected chi connectivity index (χ2v) is 6.59. The van der Waals surface area contributed by atoms with Crippen molar-refractivity contribution in [1.29, 1.82) is 0 Å². The minimum absolute atomic E-state index is 0.0888. The van der Waals surface area contributed by atoms with Crippen molar-refractivity contribution in [2.24, 2.45) is 0 Å². The third-order valence-electron chi connectivity index (χ3n) is 2.97. The first kappa shape index (κ1) is 15.1. The van der Waals surface area contributed by atoms with E-state index in [4.69, 9.17) is 0 Å². The van der Waals surface area contributed by atoms with Gasteiger partial charge in [0.1, 0.15) is 5.82 Å². The first-order valence-electron chi connectivity index (χ1n) is 6.02. The van der Waals surface area contributed by atoms with E-state index in [0.29, 0.717) is 0 Å². The molecule has 0 aliphatic rings. The van der Waals surface area contributed by atoms with Crippen molar-refractivity contribution in [3.63, 3.8) is 0 Å². The Morgan fingerprint density at radius 1 is 1.14 bits per heavy atom. The van der Waals surface area contributed by atoms with E-state index < -0.39 is 32.0 Å². The fourth-order valence-electron chi connectivity index (χ4n) is 1.80. The fourth-order valence-corrected chi connectivity index (χ4v) is 3.16. The second kappa shape index (κ2) is 5.61. The maximum absolute atomic E-state index is 13.8. The molecule has 0 aromatic heterocycles. The first-order valence-corrected chi connectivity index (χ1v) is 7.67. The van der Waals surface area contributed by atoms with Crippen LogP contribution in [0.25, 0.3) is 0 Å². The van der Waals surface area contributed by atoms with Crippen LogP contribution in [0.4, 0.5) is 10.1 Å². The number of hydrogen-bond acceptors (Lipinski definition) is 4. The van der Waals surface area contributed by atoms with Gasteiger partial charge in [0, 0.05) is 11.6 Å². The number of non-ortho nitro benzene ring substituents is 1. The molecule has 0 atom stereocenters. The number of nitro groups is 1. The molecule has 0 N–H and O–H groups in total. The molecular weight excluding hydrogens is 297 g/mol. The SMILES string of the molecule is Cc1ccc(S(=O)(=O)Cc2ccc([N+](=O)[O-])cc2F)cc1. The van der Waals surface area contributed by atoms with Gasteiger partial charge in [-0.05, 0) is 25.1 Å². The second-order valence-electron chi connectivity index (χ2n) is 4.60. The van der Waals surface area contributed by atoms with Gasteiger partial charge in [0.15, 0.2) is 9.84 Å². The maximum Gasteiger partial charge on any atom is 0.272 e. The molecule has 0 fully saturated rings. The summed E-state index contributed by atoms with van der Waals surface area (Å²) < 4.78 is 38.1. The van der Waals surface area contributed by atoms with Crippen molar-refractivity contribution >= 4 is 15.5 Å². The predicted molar refractivity (Wildman–Crippen MR) is 75.1 cm³/mol. The van der Waals surface area contributed by atoms with Gasteiger partial charge < -0.3 is 0 Å². The Labute approximate surface area is 121 Å². The van der Waals surface area contributed by atoms with Gasteiger partial charge in [0.2, 0.25) is 0 Å². The molecule has 21 heavy (non-hydrogen) atoms. The molecule has 0 saturated heterocycles. The Morgan fingerprint density at radius 3 is 2.29 bits per heavy atom. The van der Waals surface area contributed by atoms with Gasteiger partial charge in [-0.2, -0.15) is 0 Å². The molecule has 0 spiro atoms. The average Bonchev–Trinajstić information content (AvgIpc) is 2.41. The van der Waals surface area contributed by atoms with Crippen molar-refractivity contribution in [1.82, 2.24) is 0 Å². The van der Waals surface area contributed by atoms with Gasteiger partial charge in [0.05, 0.1) is 21.6 Å². The summed E-state index contributed by atoms with van der Waals surface area (Å²) in [7, 11) is -3.70. The number of halogens is 1. The standard InChI is InChI=1S/C14H12FNO4S/c1-10-2-6-13(7-3-10)21(19,20)9-11-4-5-12(16(17)18)8-14(11)15/h2-8H,9H2,1H3. The highest BCUT2D eigenvalue weighted by atomic mass is 32.2. The Kier molecular flexibility index (Phi) is 4.04. The molecule has 2 aromatic carbocycles. The molecule has 0 saturated carbocycles. The molecule has 7 heteroatoms. The summed E-state index contributed by atoms with van der Waals surface area (Å²) in [6, 6.07) is 9.14. The zero-order chi connectivity index (χ0) is 15.6. The number of benzene rings is 2. The van der Waals surface area contributed by atoms with Crippen LogP contribution in [0.5, 0.6) is 0 Å². The van der Waals surface area contributed by atoms with E-state index in [1.54, 1.807) is 12.1 Å². The monoisotopic (exact) mass is 309 g/mol. The van der Waals surface area contributed by atoms with Crippen LogP contribution in [0.2, 0.25) is 0 Å². The van der Waals surface area contributed by atoms with Crippen molar-refractivity contribution < 1.29 is 17.7 Å². The number of sulfone groups is 1. The molecule has 5 nitrogen and oxygen atoms in total. The Hall–Kier alpha value is -2.28. The average molecular weight is 309 g/mol. The Morgan fingerprint density at radius 2 is 1.76 bits per heavy atom. The molecule has 110 valence electrons. The van der Waals surface area contributed by atoms with Crippen LogP contribution in [-0.4, -0.2) is 13.3 Å².